The lowest BCUT2D eigenvalue weighted by atomic mass is 10.0. The zero-order valence-corrected chi connectivity index (χ0v) is 12.1. The van der Waals surface area contributed by atoms with Crippen LogP contribution in [0.15, 0.2) is 60.7 Å². The van der Waals surface area contributed by atoms with Gasteiger partial charge in [0.2, 0.25) is 5.75 Å². The van der Waals surface area contributed by atoms with Crippen LogP contribution in [0.3, 0.4) is 0 Å². The number of phenols is 4. The molecule has 0 aliphatic carbocycles. The van der Waals surface area contributed by atoms with Crippen LogP contribution in [0.4, 0.5) is 11.4 Å². The Morgan fingerprint density at radius 3 is 1.87 bits per heavy atom. The molecule has 0 spiro atoms. The summed E-state index contributed by atoms with van der Waals surface area (Å²) in [6, 6.07) is 17.6. The average Bonchev–Trinajstić information content (AvgIpc) is 2.55. The van der Waals surface area contributed by atoms with Crippen molar-refractivity contribution in [3.8, 4) is 34.1 Å². The molecule has 5 N–H and O–H groups in total. The first-order valence-electron chi connectivity index (χ1n) is 6.95. The quantitative estimate of drug-likeness (QED) is 0.373. The number of para-hydroxylation sites is 1. The molecule has 0 unspecified atom stereocenters. The van der Waals surface area contributed by atoms with Crippen LogP contribution >= 0.6 is 0 Å². The standard InChI is InChI=1S/C18H15NO4/c20-14-10-15(21)17(22)18(23)16(14)11-6-8-13(9-7-11)19-12-4-2-1-3-5-12/h1-10,19-23H. The lowest BCUT2D eigenvalue weighted by Crippen LogP contribution is -1.89. The maximum absolute atomic E-state index is 9.93. The second-order valence-electron chi connectivity index (χ2n) is 5.06. The first-order chi connectivity index (χ1) is 11.1. The Hall–Kier alpha value is -3.34. The highest BCUT2D eigenvalue weighted by atomic mass is 16.3. The molecule has 23 heavy (non-hydrogen) atoms. The molecule has 3 aromatic rings. The maximum atomic E-state index is 9.93. The van der Waals surface area contributed by atoms with Gasteiger partial charge in [0, 0.05) is 17.4 Å². The molecule has 0 fully saturated rings. The van der Waals surface area contributed by atoms with Gasteiger partial charge >= 0.3 is 0 Å². The fraction of sp³-hybridized carbons (Fsp3) is 0. The lowest BCUT2D eigenvalue weighted by Gasteiger charge is -2.11. The molecule has 3 aromatic carbocycles. The summed E-state index contributed by atoms with van der Waals surface area (Å²) < 4.78 is 0. The van der Waals surface area contributed by atoms with E-state index < -0.39 is 17.2 Å². The SMILES string of the molecule is Oc1cc(O)c(-c2ccc(Nc3ccccc3)cc2)c(O)c1O. The fourth-order valence-corrected chi connectivity index (χ4v) is 2.32. The molecule has 5 heteroatoms. The second-order valence-corrected chi connectivity index (χ2v) is 5.06. The predicted octanol–water partition coefficient (Wildman–Crippen LogP) is 3.92. The van der Waals surface area contributed by atoms with Crippen molar-refractivity contribution in [1.29, 1.82) is 0 Å². The normalized spacial score (nSPS) is 10.4. The number of hydrogen-bond acceptors (Lipinski definition) is 5. The van der Waals surface area contributed by atoms with Gasteiger partial charge in [0.15, 0.2) is 11.5 Å². The van der Waals surface area contributed by atoms with Crippen LogP contribution in [-0.2, 0) is 0 Å². The van der Waals surface area contributed by atoms with Crippen LogP contribution in [0.2, 0.25) is 0 Å². The van der Waals surface area contributed by atoms with Gasteiger partial charge in [0.25, 0.3) is 0 Å². The molecule has 0 aromatic heterocycles. The Balaban J connectivity index is 1.93. The van der Waals surface area contributed by atoms with E-state index in [9.17, 15) is 20.4 Å². The Labute approximate surface area is 132 Å². The number of nitrogens with one attached hydrogen (secondary N) is 1. The van der Waals surface area contributed by atoms with Gasteiger partial charge in [0.1, 0.15) is 5.75 Å². The molecule has 0 saturated heterocycles. The summed E-state index contributed by atoms with van der Waals surface area (Å²) in [6.45, 7) is 0. The van der Waals surface area contributed by atoms with E-state index in [2.05, 4.69) is 5.32 Å². The fourth-order valence-electron chi connectivity index (χ4n) is 2.32. The van der Waals surface area contributed by atoms with Gasteiger partial charge in [-0.1, -0.05) is 30.3 Å². The van der Waals surface area contributed by atoms with Gasteiger partial charge in [-0.3, -0.25) is 0 Å². The van der Waals surface area contributed by atoms with Gasteiger partial charge in [-0.25, -0.2) is 0 Å². The van der Waals surface area contributed by atoms with Crippen LogP contribution in [0.1, 0.15) is 0 Å². The van der Waals surface area contributed by atoms with Crippen LogP contribution in [0, 0.1) is 0 Å². The predicted molar refractivity (Wildman–Crippen MR) is 88.3 cm³/mol. The van der Waals surface area contributed by atoms with Crippen molar-refractivity contribution < 1.29 is 20.4 Å². The molecule has 3 rings (SSSR count). The van der Waals surface area contributed by atoms with E-state index in [1.165, 1.54) is 0 Å². The van der Waals surface area contributed by atoms with Crippen LogP contribution < -0.4 is 5.32 Å². The molecule has 0 bridgehead atoms. The number of anilines is 2. The van der Waals surface area contributed by atoms with Crippen LogP contribution in [-0.4, -0.2) is 20.4 Å². The molecule has 0 aliphatic heterocycles. The van der Waals surface area contributed by atoms with Gasteiger partial charge in [-0.15, -0.1) is 0 Å². The molecular weight excluding hydrogens is 294 g/mol. The largest absolute Gasteiger partial charge is 0.507 e. The van der Waals surface area contributed by atoms with Gasteiger partial charge in [0.05, 0.1) is 5.56 Å². The Morgan fingerprint density at radius 1 is 0.609 bits per heavy atom. The monoisotopic (exact) mass is 309 g/mol. The molecule has 0 heterocycles. The lowest BCUT2D eigenvalue weighted by molar-refractivity contribution is 0.362. The van der Waals surface area contributed by atoms with Gasteiger partial charge in [-0.2, -0.15) is 0 Å². The highest BCUT2D eigenvalue weighted by Crippen LogP contribution is 2.47. The summed E-state index contributed by atoms with van der Waals surface area (Å²) in [5.41, 5.74) is 2.34. The Bertz CT molecular complexity index is 830. The van der Waals surface area contributed by atoms with Crippen molar-refractivity contribution in [3.05, 3.63) is 60.7 Å². The minimum atomic E-state index is -0.663. The van der Waals surface area contributed by atoms with Gasteiger partial charge in [-0.05, 0) is 29.8 Å². The number of phenolic OH excluding ortho intramolecular Hbond substituents is 4. The summed E-state index contributed by atoms with van der Waals surface area (Å²) in [7, 11) is 0. The van der Waals surface area contributed by atoms with Gasteiger partial charge < -0.3 is 25.7 Å². The molecule has 5 nitrogen and oxygen atoms in total. The second kappa shape index (κ2) is 5.81. The van der Waals surface area contributed by atoms with E-state index in [4.69, 9.17) is 0 Å². The zero-order chi connectivity index (χ0) is 16.4. The summed E-state index contributed by atoms with van der Waals surface area (Å²) in [5.74, 6) is -2.12. The number of rotatable bonds is 3. The van der Waals surface area contributed by atoms with Crippen molar-refractivity contribution in [2.75, 3.05) is 5.32 Å². The van der Waals surface area contributed by atoms with E-state index in [-0.39, 0.29) is 11.3 Å². The smallest absolute Gasteiger partial charge is 0.201 e. The van der Waals surface area contributed by atoms with E-state index in [1.807, 2.05) is 30.3 Å². The maximum Gasteiger partial charge on any atom is 0.201 e. The molecule has 0 saturated carbocycles. The third-order valence-corrected chi connectivity index (χ3v) is 3.47. The Kier molecular flexibility index (Phi) is 3.68. The number of benzene rings is 3. The molecule has 0 aliphatic rings. The summed E-state index contributed by atoms with van der Waals surface area (Å²) >= 11 is 0. The highest BCUT2D eigenvalue weighted by Gasteiger charge is 2.18. The van der Waals surface area contributed by atoms with Crippen molar-refractivity contribution in [2.45, 2.75) is 0 Å². The van der Waals surface area contributed by atoms with Crippen molar-refractivity contribution in [3.63, 3.8) is 0 Å². The van der Waals surface area contributed by atoms with Crippen molar-refractivity contribution >= 4 is 11.4 Å². The number of hydrogen-bond donors (Lipinski definition) is 5. The van der Waals surface area contributed by atoms with Crippen molar-refractivity contribution in [1.82, 2.24) is 0 Å². The van der Waals surface area contributed by atoms with Crippen LogP contribution in [0.25, 0.3) is 11.1 Å². The van der Waals surface area contributed by atoms with E-state index in [1.54, 1.807) is 24.3 Å². The highest BCUT2D eigenvalue weighted by molar-refractivity contribution is 5.82. The minimum Gasteiger partial charge on any atom is -0.507 e. The summed E-state index contributed by atoms with van der Waals surface area (Å²) in [6.07, 6.45) is 0. The first-order valence-corrected chi connectivity index (χ1v) is 6.95. The van der Waals surface area contributed by atoms with Crippen LogP contribution in [0.5, 0.6) is 23.0 Å². The van der Waals surface area contributed by atoms with E-state index >= 15 is 0 Å². The zero-order valence-electron chi connectivity index (χ0n) is 12.1. The Morgan fingerprint density at radius 2 is 1.22 bits per heavy atom. The minimum absolute atomic E-state index is 0.0616. The number of aromatic hydroxyl groups is 4. The summed E-state index contributed by atoms with van der Waals surface area (Å²) in [4.78, 5) is 0. The topological polar surface area (TPSA) is 93.0 Å². The molecular formula is C18H15NO4. The molecule has 0 amide bonds. The third-order valence-electron chi connectivity index (χ3n) is 3.47. The molecule has 116 valence electrons. The molecule has 0 radical (unpaired) electrons. The average molecular weight is 309 g/mol. The first kappa shape index (κ1) is 14.6. The molecule has 0 atom stereocenters. The summed E-state index contributed by atoms with van der Waals surface area (Å²) in [5, 5.41) is 42.0. The van der Waals surface area contributed by atoms with E-state index in [0.29, 0.717) is 5.56 Å². The van der Waals surface area contributed by atoms with E-state index in [0.717, 1.165) is 17.4 Å². The third kappa shape index (κ3) is 2.85. The van der Waals surface area contributed by atoms with Crippen molar-refractivity contribution in [2.24, 2.45) is 0 Å².